The van der Waals surface area contributed by atoms with E-state index in [4.69, 9.17) is 0 Å². The first-order valence-corrected chi connectivity index (χ1v) is 14.8. The molecule has 2 heterocycles. The van der Waals surface area contributed by atoms with Gasteiger partial charge in [0.15, 0.2) is 0 Å². The quantitative estimate of drug-likeness (QED) is 0.397. The third-order valence-corrected chi connectivity index (χ3v) is 1.13. The Balaban J connectivity index is -0.000000230. The van der Waals surface area contributed by atoms with Crippen LogP contribution in [0.4, 0.5) is 0 Å². The fourth-order valence-corrected chi connectivity index (χ4v) is 0.625. The molecular weight excluding hydrogens is 407 g/mol. The molecule has 0 fully saturated rings. The van der Waals surface area contributed by atoms with Crippen molar-refractivity contribution in [3.8, 4) is 0 Å². The number of aromatic nitrogens is 2. The van der Waals surface area contributed by atoms with Crippen LogP contribution >= 0.6 is 0 Å². The summed E-state index contributed by atoms with van der Waals surface area (Å²) in [6.45, 7) is 21.1. The SMILES string of the molecule is [CH2-][Si](C)(C)C.[CH2-][Si](C)(C)C.[Pd+2].c1ccncc1.c1ccncc1. The first-order chi connectivity index (χ1) is 10.0. The van der Waals surface area contributed by atoms with Crippen molar-refractivity contribution in [3.63, 3.8) is 0 Å². The maximum atomic E-state index is 3.91. The number of pyridine rings is 2. The third kappa shape index (κ3) is 62.0. The largest absolute Gasteiger partial charge is 2.00 e. The van der Waals surface area contributed by atoms with Gasteiger partial charge in [-0.1, -0.05) is 51.4 Å². The Morgan fingerprint density at radius 2 is 0.696 bits per heavy atom. The molecule has 132 valence electrons. The van der Waals surface area contributed by atoms with Crippen molar-refractivity contribution >= 4 is 16.1 Å². The molecule has 0 saturated heterocycles. The van der Waals surface area contributed by atoms with Crippen LogP contribution in [0.1, 0.15) is 0 Å². The van der Waals surface area contributed by atoms with Gasteiger partial charge in [-0.3, -0.25) is 9.97 Å². The monoisotopic (exact) mass is 438 g/mol. The van der Waals surface area contributed by atoms with E-state index in [1.165, 1.54) is 0 Å². The van der Waals surface area contributed by atoms with Crippen molar-refractivity contribution < 1.29 is 20.4 Å². The summed E-state index contributed by atoms with van der Waals surface area (Å²) < 4.78 is 0. The van der Waals surface area contributed by atoms with Gasteiger partial charge in [-0.15, -0.1) is 16.1 Å². The van der Waals surface area contributed by atoms with Crippen LogP contribution in [-0.4, -0.2) is 26.1 Å². The predicted octanol–water partition coefficient (Wildman–Crippen LogP) is 5.56. The Bertz CT molecular complexity index is 317. The van der Waals surface area contributed by atoms with Crippen molar-refractivity contribution in [1.29, 1.82) is 0 Å². The van der Waals surface area contributed by atoms with Crippen LogP contribution < -0.4 is 0 Å². The summed E-state index contributed by atoms with van der Waals surface area (Å²) in [7, 11) is -1.72. The molecular formula is C18H32N2PdSi2. The van der Waals surface area contributed by atoms with Gasteiger partial charge in [0.05, 0.1) is 0 Å². The van der Waals surface area contributed by atoms with Gasteiger partial charge in [0.2, 0.25) is 0 Å². The molecule has 0 saturated carbocycles. The molecule has 2 rings (SSSR count). The van der Waals surface area contributed by atoms with Crippen LogP contribution in [-0.2, 0) is 20.4 Å². The van der Waals surface area contributed by atoms with Gasteiger partial charge >= 0.3 is 20.4 Å². The van der Waals surface area contributed by atoms with Gasteiger partial charge in [0, 0.05) is 24.8 Å². The first-order valence-electron chi connectivity index (χ1n) is 7.41. The van der Waals surface area contributed by atoms with E-state index < -0.39 is 16.1 Å². The standard InChI is InChI=1S/2C5H5N.2C4H11Si.Pd/c2*1-2-4-6-5-3-1;2*1-5(2,3)4;/h2*1-5H;2*1H2,2-4H3;/q;;2*-1;+2. The van der Waals surface area contributed by atoms with Crippen LogP contribution in [0.2, 0.25) is 39.3 Å². The summed E-state index contributed by atoms with van der Waals surface area (Å²) in [5, 5.41) is 0. The minimum atomic E-state index is -0.861. The summed E-state index contributed by atoms with van der Waals surface area (Å²) in [6.07, 6.45) is 7.00. The van der Waals surface area contributed by atoms with Crippen molar-refractivity contribution in [2.75, 3.05) is 0 Å². The first kappa shape index (κ1) is 27.3. The second-order valence-corrected chi connectivity index (χ2v) is 17.4. The molecule has 0 aromatic carbocycles. The topological polar surface area (TPSA) is 25.8 Å². The molecule has 5 heteroatoms. The molecule has 0 N–H and O–H groups in total. The van der Waals surface area contributed by atoms with Crippen molar-refractivity contribution in [2.24, 2.45) is 0 Å². The average Bonchev–Trinajstić information content (AvgIpc) is 2.40. The maximum absolute atomic E-state index is 3.91. The van der Waals surface area contributed by atoms with E-state index in [1.807, 2.05) is 36.4 Å². The fraction of sp³-hybridized carbons (Fsp3) is 0.333. The Kier molecular flexibility index (Phi) is 19.3. The molecule has 0 unspecified atom stereocenters. The second-order valence-electron chi connectivity index (χ2n) is 7.17. The molecule has 0 atom stereocenters. The molecule has 0 aliphatic heterocycles. The van der Waals surface area contributed by atoms with Crippen LogP contribution in [0, 0.1) is 13.1 Å². The average molecular weight is 439 g/mol. The molecule has 0 bridgehead atoms. The Morgan fingerprint density at radius 3 is 0.739 bits per heavy atom. The second kappa shape index (κ2) is 16.3. The molecule has 2 aromatic heterocycles. The van der Waals surface area contributed by atoms with E-state index in [1.54, 1.807) is 24.8 Å². The summed E-state index contributed by atoms with van der Waals surface area (Å²) in [4.78, 5) is 7.57. The number of hydrogen-bond donors (Lipinski definition) is 0. The summed E-state index contributed by atoms with van der Waals surface area (Å²) in [6, 6.07) is 11.4. The summed E-state index contributed by atoms with van der Waals surface area (Å²) in [5.41, 5.74) is 0. The molecule has 0 amide bonds. The van der Waals surface area contributed by atoms with Crippen molar-refractivity contribution in [1.82, 2.24) is 9.97 Å². The van der Waals surface area contributed by atoms with E-state index in [9.17, 15) is 0 Å². The van der Waals surface area contributed by atoms with Crippen LogP contribution in [0.25, 0.3) is 0 Å². The smallest absolute Gasteiger partial charge is 0.342 e. The molecule has 0 aliphatic rings. The van der Waals surface area contributed by atoms with Crippen LogP contribution in [0.15, 0.2) is 61.2 Å². The number of nitrogens with zero attached hydrogens (tertiary/aromatic N) is 2. The summed E-state index contributed by atoms with van der Waals surface area (Å²) in [5.74, 6) is 0. The van der Waals surface area contributed by atoms with E-state index >= 15 is 0 Å². The molecule has 2 aromatic rings. The van der Waals surface area contributed by atoms with Gasteiger partial charge in [0.1, 0.15) is 0 Å². The van der Waals surface area contributed by atoms with Gasteiger partial charge < -0.3 is 13.1 Å². The predicted molar refractivity (Wildman–Crippen MR) is 106 cm³/mol. The minimum absolute atomic E-state index is 0. The normalized spacial score (nSPS) is 9.39. The Hall–Kier alpha value is -0.604. The molecule has 0 spiro atoms. The van der Waals surface area contributed by atoms with Crippen LogP contribution in [0.3, 0.4) is 0 Å². The zero-order valence-corrected chi connectivity index (χ0v) is 19.0. The van der Waals surface area contributed by atoms with Gasteiger partial charge in [-0.2, -0.15) is 0 Å². The van der Waals surface area contributed by atoms with Crippen molar-refractivity contribution in [3.05, 3.63) is 74.3 Å². The third-order valence-electron chi connectivity index (χ3n) is 1.13. The molecule has 0 radical (unpaired) electrons. The van der Waals surface area contributed by atoms with Gasteiger partial charge in [-0.25, -0.2) is 0 Å². The Labute approximate surface area is 159 Å². The minimum Gasteiger partial charge on any atom is -0.342 e. The zero-order chi connectivity index (χ0) is 17.5. The van der Waals surface area contributed by atoms with E-state index in [0.29, 0.717) is 0 Å². The Morgan fingerprint density at radius 1 is 0.522 bits per heavy atom. The summed E-state index contributed by atoms with van der Waals surface area (Å²) >= 11 is 0. The zero-order valence-electron chi connectivity index (χ0n) is 15.4. The van der Waals surface area contributed by atoms with Gasteiger partial charge in [0.25, 0.3) is 0 Å². The number of rotatable bonds is 0. The van der Waals surface area contributed by atoms with Gasteiger partial charge in [-0.05, 0) is 24.3 Å². The molecule has 0 aliphatic carbocycles. The molecule has 23 heavy (non-hydrogen) atoms. The van der Waals surface area contributed by atoms with E-state index in [-0.39, 0.29) is 20.4 Å². The fourth-order valence-electron chi connectivity index (χ4n) is 0.625. The van der Waals surface area contributed by atoms with E-state index in [2.05, 4.69) is 62.3 Å². The van der Waals surface area contributed by atoms with Crippen molar-refractivity contribution in [2.45, 2.75) is 39.3 Å². The van der Waals surface area contributed by atoms with E-state index in [0.717, 1.165) is 0 Å². The maximum Gasteiger partial charge on any atom is 2.00 e. The molecule has 2 nitrogen and oxygen atoms in total. The number of hydrogen-bond acceptors (Lipinski definition) is 2. The van der Waals surface area contributed by atoms with Crippen LogP contribution in [0.5, 0.6) is 0 Å².